The molecule has 1 amide bonds. The molecule has 1 heterocycles. The molecule has 5 heteroatoms. The first-order valence-electron chi connectivity index (χ1n) is 5.62. The molecule has 0 spiro atoms. The summed E-state index contributed by atoms with van der Waals surface area (Å²) in [6.07, 6.45) is 1.70. The third-order valence-electron chi connectivity index (χ3n) is 3.00. The van der Waals surface area contributed by atoms with Crippen LogP contribution in [-0.2, 0) is 0 Å². The van der Waals surface area contributed by atoms with E-state index in [1.807, 2.05) is 18.2 Å². The van der Waals surface area contributed by atoms with E-state index < -0.39 is 6.09 Å². The molecule has 18 heavy (non-hydrogen) atoms. The van der Waals surface area contributed by atoms with Crippen molar-refractivity contribution in [1.29, 1.82) is 0 Å². The Hall–Kier alpha value is -1.68. The SMILES string of the molecule is COc1ccc(C2=CCN(C(=O)O)CC2)c(Cl)c1. The highest BCUT2D eigenvalue weighted by Gasteiger charge is 2.18. The smallest absolute Gasteiger partial charge is 0.407 e. The van der Waals surface area contributed by atoms with Gasteiger partial charge in [-0.05, 0) is 35.8 Å². The predicted octanol–water partition coefficient (Wildman–Crippen LogP) is 3.12. The van der Waals surface area contributed by atoms with Crippen LogP contribution in [0.15, 0.2) is 24.3 Å². The lowest BCUT2D eigenvalue weighted by Gasteiger charge is -2.24. The summed E-state index contributed by atoms with van der Waals surface area (Å²) >= 11 is 6.19. The zero-order valence-corrected chi connectivity index (χ0v) is 10.8. The average Bonchev–Trinajstić information content (AvgIpc) is 2.38. The van der Waals surface area contributed by atoms with Gasteiger partial charge >= 0.3 is 6.09 Å². The Morgan fingerprint density at radius 3 is 2.78 bits per heavy atom. The van der Waals surface area contributed by atoms with Crippen molar-refractivity contribution in [2.24, 2.45) is 0 Å². The maximum atomic E-state index is 10.8. The molecule has 96 valence electrons. The number of amides is 1. The lowest BCUT2D eigenvalue weighted by Crippen LogP contribution is -2.33. The first kappa shape index (κ1) is 12.8. The summed E-state index contributed by atoms with van der Waals surface area (Å²) in [6, 6.07) is 5.52. The lowest BCUT2D eigenvalue weighted by atomic mass is 9.99. The van der Waals surface area contributed by atoms with Gasteiger partial charge in [0.15, 0.2) is 0 Å². The van der Waals surface area contributed by atoms with E-state index in [-0.39, 0.29) is 0 Å². The van der Waals surface area contributed by atoms with Crippen molar-refractivity contribution < 1.29 is 14.6 Å². The van der Waals surface area contributed by atoms with E-state index >= 15 is 0 Å². The van der Waals surface area contributed by atoms with Crippen LogP contribution in [0.1, 0.15) is 12.0 Å². The molecule has 0 fully saturated rings. The van der Waals surface area contributed by atoms with Crippen LogP contribution in [0.25, 0.3) is 5.57 Å². The minimum atomic E-state index is -0.883. The van der Waals surface area contributed by atoms with E-state index in [1.165, 1.54) is 4.90 Å². The van der Waals surface area contributed by atoms with Crippen molar-refractivity contribution in [2.45, 2.75) is 6.42 Å². The first-order valence-corrected chi connectivity index (χ1v) is 6.00. The molecule has 0 atom stereocenters. The summed E-state index contributed by atoms with van der Waals surface area (Å²) in [6.45, 7) is 0.913. The van der Waals surface area contributed by atoms with E-state index in [0.717, 1.165) is 11.1 Å². The van der Waals surface area contributed by atoms with Gasteiger partial charge in [-0.1, -0.05) is 17.7 Å². The minimum Gasteiger partial charge on any atom is -0.497 e. The van der Waals surface area contributed by atoms with E-state index in [2.05, 4.69) is 0 Å². The van der Waals surface area contributed by atoms with Crippen LogP contribution in [0, 0.1) is 0 Å². The van der Waals surface area contributed by atoms with Crippen LogP contribution in [0.3, 0.4) is 0 Å². The van der Waals surface area contributed by atoms with Crippen molar-refractivity contribution in [3.05, 3.63) is 34.9 Å². The number of carbonyl (C=O) groups is 1. The average molecular weight is 268 g/mol. The molecule has 1 aliphatic heterocycles. The summed E-state index contributed by atoms with van der Waals surface area (Å²) in [4.78, 5) is 12.2. The third-order valence-corrected chi connectivity index (χ3v) is 3.31. The number of hydrogen-bond acceptors (Lipinski definition) is 2. The number of benzene rings is 1. The van der Waals surface area contributed by atoms with E-state index in [4.69, 9.17) is 21.4 Å². The fourth-order valence-electron chi connectivity index (χ4n) is 1.97. The zero-order chi connectivity index (χ0) is 13.1. The summed E-state index contributed by atoms with van der Waals surface area (Å²) < 4.78 is 5.10. The van der Waals surface area contributed by atoms with Crippen LogP contribution in [-0.4, -0.2) is 36.3 Å². The Morgan fingerprint density at radius 2 is 2.28 bits per heavy atom. The molecular weight excluding hydrogens is 254 g/mol. The van der Waals surface area contributed by atoms with Gasteiger partial charge in [-0.25, -0.2) is 4.79 Å². The van der Waals surface area contributed by atoms with Crippen molar-refractivity contribution in [3.8, 4) is 5.75 Å². The van der Waals surface area contributed by atoms with Crippen molar-refractivity contribution in [3.63, 3.8) is 0 Å². The number of halogens is 1. The number of ether oxygens (including phenoxy) is 1. The van der Waals surface area contributed by atoms with Gasteiger partial charge in [0, 0.05) is 13.1 Å². The molecule has 0 saturated carbocycles. The minimum absolute atomic E-state index is 0.410. The van der Waals surface area contributed by atoms with Crippen LogP contribution in [0.2, 0.25) is 5.02 Å². The van der Waals surface area contributed by atoms with E-state index in [0.29, 0.717) is 30.3 Å². The summed E-state index contributed by atoms with van der Waals surface area (Å²) in [5.41, 5.74) is 2.03. The van der Waals surface area contributed by atoms with Crippen molar-refractivity contribution >= 4 is 23.3 Å². The van der Waals surface area contributed by atoms with Gasteiger partial charge < -0.3 is 14.7 Å². The van der Waals surface area contributed by atoms with Gasteiger partial charge in [0.1, 0.15) is 5.75 Å². The van der Waals surface area contributed by atoms with E-state index in [9.17, 15) is 4.79 Å². The number of rotatable bonds is 2. The topological polar surface area (TPSA) is 49.8 Å². The van der Waals surface area contributed by atoms with Crippen LogP contribution in [0.5, 0.6) is 5.75 Å². The molecule has 0 unspecified atom stereocenters. The number of methoxy groups -OCH3 is 1. The number of nitrogens with zero attached hydrogens (tertiary/aromatic N) is 1. The normalized spacial score (nSPS) is 15.2. The second-order valence-electron chi connectivity index (χ2n) is 4.05. The second kappa shape index (κ2) is 5.31. The third kappa shape index (κ3) is 2.59. The summed E-state index contributed by atoms with van der Waals surface area (Å²) in [5, 5.41) is 9.50. The predicted molar refractivity (Wildman–Crippen MR) is 70.2 cm³/mol. The molecule has 4 nitrogen and oxygen atoms in total. The Morgan fingerprint density at radius 1 is 1.50 bits per heavy atom. The molecule has 1 aliphatic rings. The largest absolute Gasteiger partial charge is 0.497 e. The molecule has 0 aliphatic carbocycles. The first-order chi connectivity index (χ1) is 8.61. The highest BCUT2D eigenvalue weighted by atomic mass is 35.5. The highest BCUT2D eigenvalue weighted by Crippen LogP contribution is 2.31. The molecule has 1 aromatic rings. The number of hydrogen-bond donors (Lipinski definition) is 1. The second-order valence-corrected chi connectivity index (χ2v) is 4.46. The zero-order valence-electron chi connectivity index (χ0n) is 10.0. The van der Waals surface area contributed by atoms with Gasteiger partial charge in [-0.15, -0.1) is 0 Å². The fourth-order valence-corrected chi connectivity index (χ4v) is 2.26. The van der Waals surface area contributed by atoms with Gasteiger partial charge in [0.2, 0.25) is 0 Å². The van der Waals surface area contributed by atoms with Crippen molar-refractivity contribution in [1.82, 2.24) is 4.90 Å². The molecular formula is C13H14ClNO3. The molecule has 1 N–H and O–H groups in total. The fraction of sp³-hybridized carbons (Fsp3) is 0.308. The molecule has 1 aromatic carbocycles. The molecule has 2 rings (SSSR count). The maximum Gasteiger partial charge on any atom is 0.407 e. The van der Waals surface area contributed by atoms with E-state index in [1.54, 1.807) is 13.2 Å². The van der Waals surface area contributed by atoms with Crippen LogP contribution < -0.4 is 4.74 Å². The quantitative estimate of drug-likeness (QED) is 0.896. The molecule has 0 saturated heterocycles. The Balaban J connectivity index is 2.21. The summed E-state index contributed by atoms with van der Waals surface area (Å²) in [7, 11) is 1.59. The van der Waals surface area contributed by atoms with Gasteiger partial charge in [0.25, 0.3) is 0 Å². The van der Waals surface area contributed by atoms with Gasteiger partial charge in [0.05, 0.1) is 12.1 Å². The highest BCUT2D eigenvalue weighted by molar-refractivity contribution is 6.32. The monoisotopic (exact) mass is 267 g/mol. The Labute approximate surface area is 110 Å². The van der Waals surface area contributed by atoms with Crippen LogP contribution >= 0.6 is 11.6 Å². The van der Waals surface area contributed by atoms with Crippen molar-refractivity contribution in [2.75, 3.05) is 20.2 Å². The Kier molecular flexibility index (Phi) is 3.77. The Bertz CT molecular complexity index is 499. The number of carboxylic acid groups (broad SMARTS) is 1. The van der Waals surface area contributed by atoms with Crippen LogP contribution in [0.4, 0.5) is 4.79 Å². The maximum absolute atomic E-state index is 10.8. The molecule has 0 aromatic heterocycles. The lowest BCUT2D eigenvalue weighted by molar-refractivity contribution is 0.150. The molecule has 0 bridgehead atoms. The standard InChI is InChI=1S/C13H14ClNO3/c1-18-10-2-3-11(12(14)8-10)9-4-6-15(7-5-9)13(16)17/h2-4,8H,5-7H2,1H3,(H,16,17). The van der Waals surface area contributed by atoms with Gasteiger partial charge in [-0.2, -0.15) is 0 Å². The molecule has 0 radical (unpaired) electrons. The summed E-state index contributed by atoms with van der Waals surface area (Å²) in [5.74, 6) is 0.715. The van der Waals surface area contributed by atoms with Gasteiger partial charge in [-0.3, -0.25) is 0 Å².